The van der Waals surface area contributed by atoms with Crippen molar-refractivity contribution in [2.45, 2.75) is 59.2 Å². The summed E-state index contributed by atoms with van der Waals surface area (Å²) in [6, 6.07) is 9.60. The van der Waals surface area contributed by atoms with Gasteiger partial charge in [0.25, 0.3) is 0 Å². The van der Waals surface area contributed by atoms with E-state index in [0.29, 0.717) is 0 Å². The van der Waals surface area contributed by atoms with Crippen LogP contribution in [0.15, 0.2) is 42.5 Å². The van der Waals surface area contributed by atoms with Gasteiger partial charge in [-0.3, -0.25) is 13.9 Å². The second-order valence-electron chi connectivity index (χ2n) is 8.88. The molecular formula is C25H33F2N3O4S. The molecule has 0 unspecified atom stereocenters. The fourth-order valence-corrected chi connectivity index (χ4v) is 4.48. The molecule has 0 bridgehead atoms. The van der Waals surface area contributed by atoms with Crippen LogP contribution in [0, 0.1) is 18.6 Å². The van der Waals surface area contributed by atoms with Crippen LogP contribution < -0.4 is 9.62 Å². The fourth-order valence-electron chi connectivity index (χ4n) is 3.52. The topological polar surface area (TPSA) is 86.8 Å². The predicted octanol–water partition coefficient (Wildman–Crippen LogP) is 3.76. The van der Waals surface area contributed by atoms with E-state index in [2.05, 4.69) is 5.32 Å². The van der Waals surface area contributed by atoms with Crippen molar-refractivity contribution in [2.75, 3.05) is 17.1 Å². The maximum Gasteiger partial charge on any atom is 0.242 e. The highest BCUT2D eigenvalue weighted by molar-refractivity contribution is 7.92. The van der Waals surface area contributed by atoms with Crippen LogP contribution in [0.1, 0.15) is 44.7 Å². The van der Waals surface area contributed by atoms with Crippen molar-refractivity contribution in [2.24, 2.45) is 0 Å². The van der Waals surface area contributed by atoms with Gasteiger partial charge in [0.1, 0.15) is 6.04 Å². The van der Waals surface area contributed by atoms with Crippen molar-refractivity contribution in [3.05, 3.63) is 65.2 Å². The number of hydrogen-bond acceptors (Lipinski definition) is 4. The third-order valence-corrected chi connectivity index (χ3v) is 6.61. The lowest BCUT2D eigenvalue weighted by Crippen LogP contribution is -2.49. The molecule has 0 saturated carbocycles. The van der Waals surface area contributed by atoms with Crippen LogP contribution in [0.5, 0.6) is 0 Å². The molecule has 192 valence electrons. The number of hydrogen-bond donors (Lipinski definition) is 1. The van der Waals surface area contributed by atoms with Crippen LogP contribution >= 0.6 is 0 Å². The molecule has 2 rings (SSSR count). The van der Waals surface area contributed by atoms with E-state index in [1.165, 1.54) is 11.0 Å². The van der Waals surface area contributed by atoms with Gasteiger partial charge in [0, 0.05) is 31.6 Å². The average molecular weight is 510 g/mol. The largest absolute Gasteiger partial charge is 0.352 e. The first-order valence-corrected chi connectivity index (χ1v) is 13.2. The van der Waals surface area contributed by atoms with E-state index in [0.717, 1.165) is 33.8 Å². The van der Waals surface area contributed by atoms with Crippen molar-refractivity contribution in [3.63, 3.8) is 0 Å². The van der Waals surface area contributed by atoms with Crippen molar-refractivity contribution in [3.8, 4) is 0 Å². The summed E-state index contributed by atoms with van der Waals surface area (Å²) >= 11 is 0. The standard InChI is InChI=1S/C25H33F2N3O4S/c1-17(2)28-25(32)19(4)29(16-20-10-8-18(3)9-11-20)24(31)7-6-14-30(35(5,33)34)21-12-13-22(26)23(27)15-21/h8-13,15,17,19H,6-7,14,16H2,1-5H3,(H,28,32)/t19-/m1/s1. The first-order chi connectivity index (χ1) is 16.3. The summed E-state index contributed by atoms with van der Waals surface area (Å²) in [6.45, 7) is 7.36. The summed E-state index contributed by atoms with van der Waals surface area (Å²) in [6.07, 6.45) is 1.03. The van der Waals surface area contributed by atoms with Gasteiger partial charge in [-0.1, -0.05) is 29.8 Å². The Kier molecular flexibility index (Phi) is 9.76. The van der Waals surface area contributed by atoms with Gasteiger partial charge in [0.15, 0.2) is 11.6 Å². The number of carbonyl (C=O) groups is 2. The molecule has 1 N–H and O–H groups in total. The molecule has 0 aliphatic carbocycles. The highest BCUT2D eigenvalue weighted by Gasteiger charge is 2.27. The smallest absolute Gasteiger partial charge is 0.242 e. The van der Waals surface area contributed by atoms with Crippen LogP contribution in [0.3, 0.4) is 0 Å². The van der Waals surface area contributed by atoms with Crippen LogP contribution in [-0.2, 0) is 26.2 Å². The van der Waals surface area contributed by atoms with Crippen LogP contribution in [0.4, 0.5) is 14.5 Å². The summed E-state index contributed by atoms with van der Waals surface area (Å²) in [7, 11) is -3.81. The summed E-state index contributed by atoms with van der Waals surface area (Å²) < 4.78 is 52.4. The normalized spacial score (nSPS) is 12.3. The van der Waals surface area contributed by atoms with Gasteiger partial charge < -0.3 is 10.2 Å². The number of benzene rings is 2. The number of anilines is 1. The lowest BCUT2D eigenvalue weighted by molar-refractivity contribution is -0.140. The Morgan fingerprint density at radius 2 is 1.63 bits per heavy atom. The first kappa shape index (κ1) is 28.2. The zero-order valence-electron chi connectivity index (χ0n) is 20.7. The van der Waals surface area contributed by atoms with Crippen molar-refractivity contribution < 1.29 is 26.8 Å². The number of sulfonamides is 1. The molecule has 2 aromatic rings. The SMILES string of the molecule is Cc1ccc(CN(C(=O)CCCN(c2ccc(F)c(F)c2)S(C)(=O)=O)[C@H](C)C(=O)NC(C)C)cc1. The number of aryl methyl sites for hydroxylation is 1. The van der Waals surface area contributed by atoms with Crippen molar-refractivity contribution in [1.82, 2.24) is 10.2 Å². The molecule has 2 amide bonds. The van der Waals surface area contributed by atoms with Crippen LogP contribution in [-0.4, -0.2) is 50.0 Å². The third kappa shape index (κ3) is 8.31. The number of carbonyl (C=O) groups excluding carboxylic acids is 2. The Hall–Kier alpha value is -3.01. The summed E-state index contributed by atoms with van der Waals surface area (Å²) in [4.78, 5) is 27.3. The van der Waals surface area contributed by atoms with Gasteiger partial charge in [-0.15, -0.1) is 0 Å². The predicted molar refractivity (Wildman–Crippen MR) is 132 cm³/mol. The Bertz CT molecular complexity index is 1140. The number of amides is 2. The zero-order chi connectivity index (χ0) is 26.3. The molecule has 0 radical (unpaired) electrons. The molecule has 7 nitrogen and oxygen atoms in total. The Morgan fingerprint density at radius 1 is 1.00 bits per heavy atom. The zero-order valence-corrected chi connectivity index (χ0v) is 21.5. The highest BCUT2D eigenvalue weighted by Crippen LogP contribution is 2.21. The molecule has 0 aromatic heterocycles. The molecule has 0 fully saturated rings. The highest BCUT2D eigenvalue weighted by atomic mass is 32.2. The van der Waals surface area contributed by atoms with Crippen molar-refractivity contribution in [1.29, 1.82) is 0 Å². The Morgan fingerprint density at radius 3 is 2.17 bits per heavy atom. The van der Waals surface area contributed by atoms with E-state index in [1.54, 1.807) is 6.92 Å². The number of rotatable bonds is 11. The first-order valence-electron chi connectivity index (χ1n) is 11.4. The quantitative estimate of drug-likeness (QED) is 0.500. The monoisotopic (exact) mass is 509 g/mol. The minimum Gasteiger partial charge on any atom is -0.352 e. The number of halogens is 2. The average Bonchev–Trinajstić information content (AvgIpc) is 2.76. The molecule has 0 aliphatic rings. The van der Waals surface area contributed by atoms with E-state index in [4.69, 9.17) is 0 Å². The lowest BCUT2D eigenvalue weighted by atomic mass is 10.1. The maximum absolute atomic E-state index is 13.7. The van der Waals surface area contributed by atoms with Gasteiger partial charge >= 0.3 is 0 Å². The number of nitrogens with one attached hydrogen (secondary N) is 1. The second kappa shape index (κ2) is 12.1. The Labute approximate surface area is 206 Å². The molecule has 10 heteroatoms. The van der Waals surface area contributed by atoms with E-state index >= 15 is 0 Å². The Balaban J connectivity index is 2.18. The number of nitrogens with zero attached hydrogens (tertiary/aromatic N) is 2. The van der Waals surface area contributed by atoms with Gasteiger partial charge in [-0.2, -0.15) is 0 Å². The van der Waals surface area contributed by atoms with Crippen LogP contribution in [0.2, 0.25) is 0 Å². The fraction of sp³-hybridized carbons (Fsp3) is 0.440. The van der Waals surface area contributed by atoms with E-state index < -0.39 is 27.7 Å². The van der Waals surface area contributed by atoms with E-state index in [-0.39, 0.29) is 49.5 Å². The third-order valence-electron chi connectivity index (χ3n) is 5.42. The van der Waals surface area contributed by atoms with E-state index in [9.17, 15) is 26.8 Å². The van der Waals surface area contributed by atoms with Gasteiger partial charge in [-0.05, 0) is 51.8 Å². The molecule has 0 saturated heterocycles. The summed E-state index contributed by atoms with van der Waals surface area (Å²) in [5.41, 5.74) is 1.89. The molecule has 35 heavy (non-hydrogen) atoms. The summed E-state index contributed by atoms with van der Waals surface area (Å²) in [5.74, 6) is -2.87. The molecule has 2 aromatic carbocycles. The molecule has 0 aliphatic heterocycles. The van der Waals surface area contributed by atoms with E-state index in [1.807, 2.05) is 45.0 Å². The molecular weight excluding hydrogens is 476 g/mol. The molecule has 0 spiro atoms. The lowest BCUT2D eigenvalue weighted by Gasteiger charge is -2.30. The minimum absolute atomic E-state index is 0.0277. The second-order valence-corrected chi connectivity index (χ2v) is 10.8. The maximum atomic E-state index is 13.7. The minimum atomic E-state index is -3.81. The molecule has 0 heterocycles. The van der Waals surface area contributed by atoms with Gasteiger partial charge in [-0.25, -0.2) is 17.2 Å². The summed E-state index contributed by atoms with van der Waals surface area (Å²) in [5, 5.41) is 2.81. The van der Waals surface area contributed by atoms with Crippen LogP contribution in [0.25, 0.3) is 0 Å². The molecule has 1 atom stereocenters. The van der Waals surface area contributed by atoms with Crippen molar-refractivity contribution >= 4 is 27.5 Å². The van der Waals surface area contributed by atoms with Gasteiger partial charge in [0.2, 0.25) is 21.8 Å². The van der Waals surface area contributed by atoms with Gasteiger partial charge in [0.05, 0.1) is 11.9 Å².